The zero-order chi connectivity index (χ0) is 14.0. The predicted molar refractivity (Wildman–Crippen MR) is 66.4 cm³/mol. The Hall–Kier alpha value is -2.04. The fourth-order valence-corrected chi connectivity index (χ4v) is 1.77. The molecule has 100 valence electrons. The summed E-state index contributed by atoms with van der Waals surface area (Å²) in [5, 5.41) is 2.89. The number of alkyl halides is 3. The largest absolute Gasteiger partial charge is 0.416 e. The minimum Gasteiger partial charge on any atom is -0.388 e. The quantitative estimate of drug-likeness (QED) is 0.788. The molecule has 0 aromatic heterocycles. The molecule has 0 aliphatic carbocycles. The van der Waals surface area contributed by atoms with Crippen molar-refractivity contribution in [2.45, 2.75) is 6.18 Å². The van der Waals surface area contributed by atoms with Crippen molar-refractivity contribution in [3.63, 3.8) is 0 Å². The first-order valence-corrected chi connectivity index (χ1v) is 5.57. The second-order valence-electron chi connectivity index (χ2n) is 4.02. The van der Waals surface area contributed by atoms with E-state index in [2.05, 4.69) is 5.32 Å². The van der Waals surface area contributed by atoms with Crippen LogP contribution in [0.15, 0.2) is 42.5 Å². The van der Waals surface area contributed by atoms with Gasteiger partial charge < -0.3 is 5.32 Å². The van der Waals surface area contributed by atoms with Crippen LogP contribution in [-0.2, 0) is 6.18 Å². The zero-order valence-electron chi connectivity index (χ0n) is 10.1. The summed E-state index contributed by atoms with van der Waals surface area (Å²) in [7, 11) is 1.71. The van der Waals surface area contributed by atoms with Gasteiger partial charge in [0.1, 0.15) is 5.82 Å². The number of hydrogen-bond acceptors (Lipinski definition) is 1. The first-order valence-electron chi connectivity index (χ1n) is 5.57. The molecule has 5 heteroatoms. The van der Waals surface area contributed by atoms with Gasteiger partial charge in [0.2, 0.25) is 0 Å². The summed E-state index contributed by atoms with van der Waals surface area (Å²) < 4.78 is 51.1. The van der Waals surface area contributed by atoms with Crippen LogP contribution in [0.25, 0.3) is 11.1 Å². The third-order valence-corrected chi connectivity index (χ3v) is 2.76. The van der Waals surface area contributed by atoms with Crippen molar-refractivity contribution in [2.24, 2.45) is 0 Å². The van der Waals surface area contributed by atoms with Gasteiger partial charge in [0, 0.05) is 18.3 Å². The Morgan fingerprint density at radius 2 is 1.74 bits per heavy atom. The highest BCUT2D eigenvalue weighted by Crippen LogP contribution is 2.33. The minimum absolute atomic E-state index is 0.144. The van der Waals surface area contributed by atoms with Gasteiger partial charge in [0.25, 0.3) is 0 Å². The van der Waals surface area contributed by atoms with Gasteiger partial charge in [-0.15, -0.1) is 0 Å². The summed E-state index contributed by atoms with van der Waals surface area (Å²) in [4.78, 5) is 0. The molecule has 0 atom stereocenters. The molecular formula is C14H11F4N. The summed E-state index contributed by atoms with van der Waals surface area (Å²) >= 11 is 0. The highest BCUT2D eigenvalue weighted by molar-refractivity contribution is 5.68. The van der Waals surface area contributed by atoms with Crippen molar-refractivity contribution in [2.75, 3.05) is 12.4 Å². The Bertz CT molecular complexity index is 590. The molecule has 2 aromatic rings. The van der Waals surface area contributed by atoms with Crippen molar-refractivity contribution < 1.29 is 17.6 Å². The molecule has 0 spiro atoms. The van der Waals surface area contributed by atoms with Crippen LogP contribution in [0.5, 0.6) is 0 Å². The van der Waals surface area contributed by atoms with E-state index >= 15 is 0 Å². The maximum Gasteiger partial charge on any atom is 0.416 e. The Labute approximate surface area is 107 Å². The monoisotopic (exact) mass is 269 g/mol. The van der Waals surface area contributed by atoms with E-state index in [1.165, 1.54) is 0 Å². The van der Waals surface area contributed by atoms with Gasteiger partial charge in [-0.2, -0.15) is 13.2 Å². The van der Waals surface area contributed by atoms with E-state index in [1.54, 1.807) is 31.3 Å². The summed E-state index contributed by atoms with van der Waals surface area (Å²) in [5.74, 6) is -0.886. The van der Waals surface area contributed by atoms with Gasteiger partial charge in [0.05, 0.1) is 5.56 Å². The van der Waals surface area contributed by atoms with E-state index < -0.39 is 17.6 Å². The molecule has 19 heavy (non-hydrogen) atoms. The van der Waals surface area contributed by atoms with Crippen LogP contribution in [-0.4, -0.2) is 7.05 Å². The second kappa shape index (κ2) is 4.91. The minimum atomic E-state index is -4.54. The lowest BCUT2D eigenvalue weighted by atomic mass is 10.0. The predicted octanol–water partition coefficient (Wildman–Crippen LogP) is 4.55. The van der Waals surface area contributed by atoms with E-state index in [1.807, 2.05) is 0 Å². The van der Waals surface area contributed by atoms with Crippen LogP contribution in [0.2, 0.25) is 0 Å². The van der Waals surface area contributed by atoms with Crippen molar-refractivity contribution in [3.05, 3.63) is 53.8 Å². The first kappa shape index (κ1) is 13.4. The normalized spacial score (nSPS) is 11.4. The lowest BCUT2D eigenvalue weighted by molar-refractivity contribution is -0.137. The molecule has 0 bridgehead atoms. The van der Waals surface area contributed by atoms with E-state index in [0.29, 0.717) is 11.6 Å². The standard InChI is InChI=1S/C14H11F4N/c1-19-11-4-2-3-9(7-11)12-6-5-10(8-13(12)15)14(16,17)18/h2-8,19H,1H3. The lowest BCUT2D eigenvalue weighted by Gasteiger charge is -2.10. The van der Waals surface area contributed by atoms with E-state index in [9.17, 15) is 17.6 Å². The van der Waals surface area contributed by atoms with Gasteiger partial charge in [-0.3, -0.25) is 0 Å². The number of hydrogen-bond donors (Lipinski definition) is 1. The summed E-state index contributed by atoms with van der Waals surface area (Å²) in [6, 6.07) is 9.35. The van der Waals surface area contributed by atoms with Crippen LogP contribution >= 0.6 is 0 Å². The molecule has 0 radical (unpaired) electrons. The average molecular weight is 269 g/mol. The maximum absolute atomic E-state index is 13.8. The highest BCUT2D eigenvalue weighted by Gasteiger charge is 2.31. The van der Waals surface area contributed by atoms with Crippen molar-refractivity contribution >= 4 is 5.69 Å². The molecule has 1 N–H and O–H groups in total. The Morgan fingerprint density at radius 3 is 2.32 bits per heavy atom. The Kier molecular flexibility index (Phi) is 3.46. The van der Waals surface area contributed by atoms with E-state index in [4.69, 9.17) is 0 Å². The van der Waals surface area contributed by atoms with E-state index in [0.717, 1.165) is 17.8 Å². The third-order valence-electron chi connectivity index (χ3n) is 2.76. The lowest BCUT2D eigenvalue weighted by Crippen LogP contribution is -2.05. The fraction of sp³-hybridized carbons (Fsp3) is 0.143. The SMILES string of the molecule is CNc1cccc(-c2ccc(C(F)(F)F)cc2F)c1. The molecule has 0 unspecified atom stereocenters. The number of halogens is 4. The molecule has 0 saturated heterocycles. The van der Waals surface area contributed by atoms with Gasteiger partial charge in [-0.1, -0.05) is 18.2 Å². The molecule has 0 amide bonds. The molecule has 0 fully saturated rings. The van der Waals surface area contributed by atoms with Crippen LogP contribution < -0.4 is 5.32 Å². The van der Waals surface area contributed by atoms with Crippen LogP contribution in [0, 0.1) is 5.82 Å². The first-order chi connectivity index (χ1) is 8.91. The molecule has 0 aliphatic heterocycles. The summed E-state index contributed by atoms with van der Waals surface area (Å²) in [5.41, 5.74) is 0.443. The van der Waals surface area contributed by atoms with Crippen LogP contribution in [0.4, 0.5) is 23.2 Å². The summed E-state index contributed by atoms with van der Waals surface area (Å²) in [6.45, 7) is 0. The number of anilines is 1. The fourth-order valence-electron chi connectivity index (χ4n) is 1.77. The number of rotatable bonds is 2. The van der Waals surface area contributed by atoms with Crippen molar-refractivity contribution in [3.8, 4) is 11.1 Å². The van der Waals surface area contributed by atoms with Gasteiger partial charge in [-0.05, 0) is 29.8 Å². The van der Waals surface area contributed by atoms with E-state index in [-0.39, 0.29) is 5.56 Å². The number of nitrogens with one attached hydrogen (secondary N) is 1. The highest BCUT2D eigenvalue weighted by atomic mass is 19.4. The topological polar surface area (TPSA) is 12.0 Å². The number of benzene rings is 2. The van der Waals surface area contributed by atoms with Gasteiger partial charge in [-0.25, -0.2) is 4.39 Å². The van der Waals surface area contributed by atoms with Gasteiger partial charge >= 0.3 is 6.18 Å². The molecule has 0 aliphatic rings. The second-order valence-corrected chi connectivity index (χ2v) is 4.02. The molecule has 0 heterocycles. The smallest absolute Gasteiger partial charge is 0.388 e. The Balaban J connectivity index is 2.46. The molecule has 1 nitrogen and oxygen atoms in total. The average Bonchev–Trinajstić information content (AvgIpc) is 2.37. The maximum atomic E-state index is 13.8. The molecule has 0 saturated carbocycles. The molecular weight excluding hydrogens is 258 g/mol. The van der Waals surface area contributed by atoms with Crippen molar-refractivity contribution in [1.29, 1.82) is 0 Å². The summed E-state index contributed by atoms with van der Waals surface area (Å²) in [6.07, 6.45) is -4.54. The van der Waals surface area contributed by atoms with Gasteiger partial charge in [0.15, 0.2) is 0 Å². The van der Waals surface area contributed by atoms with Crippen LogP contribution in [0.3, 0.4) is 0 Å². The van der Waals surface area contributed by atoms with Crippen molar-refractivity contribution in [1.82, 2.24) is 0 Å². The third kappa shape index (κ3) is 2.86. The van der Waals surface area contributed by atoms with Crippen LogP contribution in [0.1, 0.15) is 5.56 Å². The Morgan fingerprint density at radius 1 is 1.00 bits per heavy atom. The molecule has 2 rings (SSSR count). The zero-order valence-corrected chi connectivity index (χ0v) is 10.1. The molecule has 2 aromatic carbocycles.